The highest BCUT2D eigenvalue weighted by Crippen LogP contribution is 2.12. The molecule has 2 rings (SSSR count). The molecule has 1 aliphatic rings. The lowest BCUT2D eigenvalue weighted by molar-refractivity contribution is -0.124. The van der Waals surface area contributed by atoms with Crippen LogP contribution in [0.4, 0.5) is 5.95 Å². The van der Waals surface area contributed by atoms with E-state index in [0.717, 1.165) is 19.5 Å². The van der Waals surface area contributed by atoms with Crippen LogP contribution >= 0.6 is 0 Å². The van der Waals surface area contributed by atoms with Crippen molar-refractivity contribution in [3.05, 3.63) is 18.5 Å². The van der Waals surface area contributed by atoms with Crippen LogP contribution in [0.1, 0.15) is 20.3 Å². The third-order valence-electron chi connectivity index (χ3n) is 3.35. The van der Waals surface area contributed by atoms with Crippen molar-refractivity contribution in [2.45, 2.75) is 32.4 Å². The zero-order valence-corrected chi connectivity index (χ0v) is 11.4. The molecule has 1 N–H and O–H groups in total. The molecule has 0 radical (unpaired) electrons. The van der Waals surface area contributed by atoms with E-state index in [9.17, 15) is 4.79 Å². The summed E-state index contributed by atoms with van der Waals surface area (Å²) in [6.07, 6.45) is 4.40. The van der Waals surface area contributed by atoms with Gasteiger partial charge in [-0.05, 0) is 19.4 Å². The fourth-order valence-electron chi connectivity index (χ4n) is 2.08. The molecule has 19 heavy (non-hydrogen) atoms. The van der Waals surface area contributed by atoms with Gasteiger partial charge in [0.05, 0.1) is 18.8 Å². The summed E-state index contributed by atoms with van der Waals surface area (Å²) in [5, 5.41) is 2.73. The Labute approximate surface area is 113 Å². The lowest BCUT2D eigenvalue weighted by Gasteiger charge is -2.35. The highest BCUT2D eigenvalue weighted by molar-refractivity contribution is 5.93. The van der Waals surface area contributed by atoms with E-state index in [1.165, 1.54) is 0 Å². The normalized spacial score (nSPS) is 21.9. The zero-order valence-electron chi connectivity index (χ0n) is 11.4. The average Bonchev–Trinajstić information content (AvgIpc) is 2.47. The maximum Gasteiger partial charge on any atom is 0.243 e. The van der Waals surface area contributed by atoms with Crippen LogP contribution in [0.25, 0.3) is 0 Å². The van der Waals surface area contributed by atoms with E-state index in [1.807, 2.05) is 6.92 Å². The molecule has 0 aromatic carbocycles. The van der Waals surface area contributed by atoms with E-state index in [1.54, 1.807) is 18.5 Å². The Morgan fingerprint density at radius 1 is 1.58 bits per heavy atom. The Kier molecular flexibility index (Phi) is 4.81. The van der Waals surface area contributed by atoms with Gasteiger partial charge in [0, 0.05) is 25.5 Å². The number of nitrogens with zero attached hydrogens (tertiary/aromatic N) is 3. The van der Waals surface area contributed by atoms with Gasteiger partial charge in [-0.1, -0.05) is 6.92 Å². The molecule has 1 aromatic heterocycles. The quantitative estimate of drug-likeness (QED) is 0.875. The summed E-state index contributed by atoms with van der Waals surface area (Å²) in [6, 6.07) is 1.51. The number of nitrogens with one attached hydrogen (secondary N) is 1. The van der Waals surface area contributed by atoms with Crippen LogP contribution < -0.4 is 5.32 Å². The molecule has 0 unspecified atom stereocenters. The maximum atomic E-state index is 12.1. The SMILES string of the molecule is CC[C@@H]1CN([C@@H](C)C(=O)Nc2ncccn2)CCO1. The van der Waals surface area contributed by atoms with Crippen LogP contribution in [-0.4, -0.2) is 52.6 Å². The van der Waals surface area contributed by atoms with Crippen molar-refractivity contribution in [3.63, 3.8) is 0 Å². The molecule has 1 fully saturated rings. The van der Waals surface area contributed by atoms with Gasteiger partial charge >= 0.3 is 0 Å². The van der Waals surface area contributed by atoms with Crippen molar-refractivity contribution < 1.29 is 9.53 Å². The molecule has 0 aliphatic carbocycles. The number of anilines is 1. The second kappa shape index (κ2) is 6.58. The first kappa shape index (κ1) is 13.9. The topological polar surface area (TPSA) is 67.4 Å². The maximum absolute atomic E-state index is 12.1. The van der Waals surface area contributed by atoms with Crippen LogP contribution in [0.3, 0.4) is 0 Å². The average molecular weight is 264 g/mol. The van der Waals surface area contributed by atoms with Gasteiger partial charge in [-0.2, -0.15) is 0 Å². The molecule has 104 valence electrons. The Balaban J connectivity index is 1.91. The third-order valence-corrected chi connectivity index (χ3v) is 3.35. The molecular weight excluding hydrogens is 244 g/mol. The van der Waals surface area contributed by atoms with Crippen molar-refractivity contribution in [2.24, 2.45) is 0 Å². The van der Waals surface area contributed by atoms with Crippen molar-refractivity contribution in [3.8, 4) is 0 Å². The molecule has 1 amide bonds. The molecule has 1 aromatic rings. The molecule has 1 saturated heterocycles. The van der Waals surface area contributed by atoms with Gasteiger partial charge in [0.1, 0.15) is 0 Å². The fraction of sp³-hybridized carbons (Fsp3) is 0.615. The largest absolute Gasteiger partial charge is 0.376 e. The number of hydrogen-bond acceptors (Lipinski definition) is 5. The Morgan fingerprint density at radius 3 is 3.00 bits per heavy atom. The van der Waals surface area contributed by atoms with Gasteiger partial charge in [-0.15, -0.1) is 0 Å². The molecule has 6 nitrogen and oxygen atoms in total. The molecule has 2 atom stereocenters. The molecule has 1 aliphatic heterocycles. The van der Waals surface area contributed by atoms with Crippen molar-refractivity contribution >= 4 is 11.9 Å². The first-order chi connectivity index (χ1) is 9.20. The molecule has 6 heteroatoms. The number of ether oxygens (including phenoxy) is 1. The second-order valence-electron chi connectivity index (χ2n) is 4.63. The summed E-state index contributed by atoms with van der Waals surface area (Å²) in [5.74, 6) is 0.266. The van der Waals surface area contributed by atoms with E-state index in [0.29, 0.717) is 12.6 Å². The standard InChI is InChI=1S/C13H20N4O2/c1-3-11-9-17(7-8-19-11)10(2)12(18)16-13-14-5-4-6-15-13/h4-6,10-11H,3,7-9H2,1-2H3,(H,14,15,16,18)/t10-,11+/m0/s1. The van der Waals surface area contributed by atoms with E-state index in [4.69, 9.17) is 4.74 Å². The van der Waals surface area contributed by atoms with Gasteiger partial charge in [0.15, 0.2) is 0 Å². The minimum absolute atomic E-state index is 0.0806. The lowest BCUT2D eigenvalue weighted by Crippen LogP contribution is -2.50. The van der Waals surface area contributed by atoms with Gasteiger partial charge in [-0.3, -0.25) is 15.0 Å². The number of hydrogen-bond donors (Lipinski definition) is 1. The Hall–Kier alpha value is -1.53. The molecule has 2 heterocycles. The van der Waals surface area contributed by atoms with E-state index >= 15 is 0 Å². The summed E-state index contributed by atoms with van der Waals surface area (Å²) < 4.78 is 5.61. The predicted molar refractivity (Wildman–Crippen MR) is 71.7 cm³/mol. The molecule has 0 spiro atoms. The first-order valence-corrected chi connectivity index (χ1v) is 6.64. The Bertz CT molecular complexity index is 412. The van der Waals surface area contributed by atoms with Gasteiger partial charge in [-0.25, -0.2) is 9.97 Å². The van der Waals surface area contributed by atoms with Gasteiger partial charge < -0.3 is 4.74 Å². The van der Waals surface area contributed by atoms with Crippen LogP contribution in [0.2, 0.25) is 0 Å². The van der Waals surface area contributed by atoms with Gasteiger partial charge in [0.25, 0.3) is 0 Å². The van der Waals surface area contributed by atoms with E-state index in [-0.39, 0.29) is 18.1 Å². The lowest BCUT2D eigenvalue weighted by atomic mass is 10.1. The van der Waals surface area contributed by atoms with Crippen LogP contribution in [0.15, 0.2) is 18.5 Å². The summed E-state index contributed by atoms with van der Waals surface area (Å²) >= 11 is 0. The van der Waals surface area contributed by atoms with Crippen molar-refractivity contribution in [1.29, 1.82) is 0 Å². The number of amides is 1. The monoisotopic (exact) mass is 264 g/mol. The highest BCUT2D eigenvalue weighted by atomic mass is 16.5. The first-order valence-electron chi connectivity index (χ1n) is 6.64. The summed E-state index contributed by atoms with van der Waals surface area (Å²) in [6.45, 7) is 6.24. The zero-order chi connectivity index (χ0) is 13.7. The smallest absolute Gasteiger partial charge is 0.243 e. The number of rotatable bonds is 4. The number of carbonyl (C=O) groups excluding carboxylic acids is 1. The number of aromatic nitrogens is 2. The predicted octanol–water partition coefficient (Wildman–Crippen LogP) is 0.914. The summed E-state index contributed by atoms with van der Waals surface area (Å²) in [5.41, 5.74) is 0. The second-order valence-corrected chi connectivity index (χ2v) is 4.63. The summed E-state index contributed by atoms with van der Waals surface area (Å²) in [4.78, 5) is 22.3. The van der Waals surface area contributed by atoms with Crippen LogP contribution in [0, 0.1) is 0 Å². The minimum atomic E-state index is -0.207. The van der Waals surface area contributed by atoms with Crippen LogP contribution in [-0.2, 0) is 9.53 Å². The van der Waals surface area contributed by atoms with Gasteiger partial charge in [0.2, 0.25) is 11.9 Å². The summed E-state index contributed by atoms with van der Waals surface area (Å²) in [7, 11) is 0. The van der Waals surface area contributed by atoms with E-state index in [2.05, 4.69) is 27.1 Å². The fourth-order valence-corrected chi connectivity index (χ4v) is 2.08. The van der Waals surface area contributed by atoms with Crippen LogP contribution in [0.5, 0.6) is 0 Å². The molecular formula is C13H20N4O2. The molecule has 0 bridgehead atoms. The molecule has 0 saturated carbocycles. The highest BCUT2D eigenvalue weighted by Gasteiger charge is 2.27. The Morgan fingerprint density at radius 2 is 2.32 bits per heavy atom. The van der Waals surface area contributed by atoms with Crippen molar-refractivity contribution in [1.82, 2.24) is 14.9 Å². The third kappa shape index (κ3) is 3.71. The number of carbonyl (C=O) groups is 1. The number of morpholine rings is 1. The van der Waals surface area contributed by atoms with Crippen molar-refractivity contribution in [2.75, 3.05) is 25.0 Å². The van der Waals surface area contributed by atoms with E-state index < -0.39 is 0 Å². The minimum Gasteiger partial charge on any atom is -0.376 e.